The highest BCUT2D eigenvalue weighted by Gasteiger charge is 2.32. The van der Waals surface area contributed by atoms with Crippen molar-refractivity contribution in [3.8, 4) is 0 Å². The zero-order valence-corrected chi connectivity index (χ0v) is 18.6. The first kappa shape index (κ1) is 26.7. The Kier molecular flexibility index (Phi) is 10.3. The van der Waals surface area contributed by atoms with Crippen molar-refractivity contribution >= 4 is 35.9 Å². The Balaban J connectivity index is 0.00000480. The Hall–Kier alpha value is -2.32. The van der Waals surface area contributed by atoms with Crippen LogP contribution < -0.4 is 16.0 Å². The van der Waals surface area contributed by atoms with E-state index in [4.69, 9.17) is 0 Å². The van der Waals surface area contributed by atoms with Crippen LogP contribution in [0.3, 0.4) is 0 Å². The summed E-state index contributed by atoms with van der Waals surface area (Å²) in [7, 11) is 1.54. The van der Waals surface area contributed by atoms with Gasteiger partial charge in [0.05, 0.1) is 5.56 Å². The molecule has 2 rings (SSSR count). The summed E-state index contributed by atoms with van der Waals surface area (Å²) in [6, 6.07) is 5.68. The van der Waals surface area contributed by atoms with Gasteiger partial charge in [-0.05, 0) is 30.2 Å². The van der Waals surface area contributed by atoms with Crippen molar-refractivity contribution in [2.24, 2.45) is 4.99 Å². The van der Waals surface area contributed by atoms with E-state index in [1.165, 1.54) is 19.2 Å². The Morgan fingerprint density at radius 2 is 1.55 bits per heavy atom. The number of rotatable bonds is 7. The molecule has 1 aromatic heterocycles. The number of anilines is 1. The largest absolute Gasteiger partial charge is 0.433 e. The molecule has 1 aromatic carbocycles. The molecule has 0 radical (unpaired) electrons. The maximum absolute atomic E-state index is 12.6. The summed E-state index contributed by atoms with van der Waals surface area (Å²) in [5.41, 5.74) is -1.00. The predicted molar refractivity (Wildman–Crippen MR) is 115 cm³/mol. The molecule has 1 heterocycles. The predicted octanol–water partition coefficient (Wildman–Crippen LogP) is 3.95. The van der Waals surface area contributed by atoms with E-state index in [0.29, 0.717) is 25.5 Å². The van der Waals surface area contributed by atoms with Gasteiger partial charge in [-0.3, -0.25) is 4.99 Å². The van der Waals surface area contributed by atoms with E-state index in [2.05, 4.69) is 30.9 Å². The molecule has 0 bridgehead atoms. The number of guanidine groups is 1. The summed E-state index contributed by atoms with van der Waals surface area (Å²) >= 11 is 0. The number of aromatic nitrogens is 2. The zero-order chi connectivity index (χ0) is 22.2. The van der Waals surface area contributed by atoms with Crippen molar-refractivity contribution in [3.63, 3.8) is 0 Å². The van der Waals surface area contributed by atoms with Crippen molar-refractivity contribution in [2.45, 2.75) is 18.8 Å². The van der Waals surface area contributed by atoms with Crippen LogP contribution >= 0.6 is 24.0 Å². The molecule has 2 aromatic rings. The Bertz CT molecular complexity index is 839. The number of alkyl halides is 6. The first-order valence-corrected chi connectivity index (χ1v) is 8.84. The minimum Gasteiger partial charge on any atom is -0.356 e. The maximum Gasteiger partial charge on any atom is 0.433 e. The molecule has 0 aliphatic carbocycles. The molecule has 31 heavy (non-hydrogen) atoms. The lowest BCUT2D eigenvalue weighted by molar-refractivity contribution is -0.141. The molecule has 0 amide bonds. The van der Waals surface area contributed by atoms with Crippen molar-refractivity contribution in [2.75, 3.05) is 32.0 Å². The molecule has 0 fully saturated rings. The Labute approximate surface area is 192 Å². The molecule has 13 heteroatoms. The molecular weight excluding hydrogens is 541 g/mol. The number of hydrogen-bond donors (Lipinski definition) is 3. The average Bonchev–Trinajstić information content (AvgIpc) is 2.69. The van der Waals surface area contributed by atoms with Gasteiger partial charge in [-0.1, -0.05) is 12.1 Å². The molecule has 0 saturated heterocycles. The number of benzene rings is 1. The third kappa shape index (κ3) is 9.14. The molecule has 0 aliphatic heterocycles. The van der Waals surface area contributed by atoms with E-state index in [1.54, 1.807) is 0 Å². The van der Waals surface area contributed by atoms with Gasteiger partial charge in [0.25, 0.3) is 0 Å². The van der Waals surface area contributed by atoms with E-state index in [9.17, 15) is 26.3 Å². The topological polar surface area (TPSA) is 74.2 Å². The summed E-state index contributed by atoms with van der Waals surface area (Å²) < 4.78 is 75.5. The van der Waals surface area contributed by atoms with Crippen LogP contribution in [-0.4, -0.2) is 42.6 Å². The number of aliphatic imine (C=N–C) groups is 1. The summed E-state index contributed by atoms with van der Waals surface area (Å²) in [6.45, 7) is 0.982. The van der Waals surface area contributed by atoms with Crippen LogP contribution in [0.5, 0.6) is 0 Å². The van der Waals surface area contributed by atoms with Gasteiger partial charge < -0.3 is 16.0 Å². The SMILES string of the molecule is CN=C(NCCNc1nccc(C(F)(F)F)n1)NCCc1ccc(C(F)(F)F)cc1.I. The number of halogens is 7. The third-order valence-electron chi connectivity index (χ3n) is 3.86. The van der Waals surface area contributed by atoms with Crippen LogP contribution in [-0.2, 0) is 18.8 Å². The van der Waals surface area contributed by atoms with Crippen molar-refractivity contribution in [1.29, 1.82) is 0 Å². The molecule has 0 spiro atoms. The van der Waals surface area contributed by atoms with Crippen molar-refractivity contribution in [3.05, 3.63) is 53.3 Å². The smallest absolute Gasteiger partial charge is 0.356 e. The fourth-order valence-electron chi connectivity index (χ4n) is 2.36. The zero-order valence-electron chi connectivity index (χ0n) is 16.3. The Morgan fingerprint density at radius 1 is 0.903 bits per heavy atom. The van der Waals surface area contributed by atoms with Crippen LogP contribution in [0.1, 0.15) is 16.8 Å². The first-order valence-electron chi connectivity index (χ1n) is 8.84. The lowest BCUT2D eigenvalue weighted by atomic mass is 10.1. The van der Waals surface area contributed by atoms with Crippen molar-refractivity contribution < 1.29 is 26.3 Å². The molecule has 6 nitrogen and oxygen atoms in total. The minimum atomic E-state index is -4.54. The molecule has 0 saturated carbocycles. The van der Waals surface area contributed by atoms with Crippen LogP contribution in [0.25, 0.3) is 0 Å². The van der Waals surface area contributed by atoms with Gasteiger partial charge in [-0.2, -0.15) is 26.3 Å². The minimum absolute atomic E-state index is 0. The van der Waals surface area contributed by atoms with Crippen LogP contribution in [0.2, 0.25) is 0 Å². The first-order chi connectivity index (χ1) is 14.1. The lowest BCUT2D eigenvalue weighted by Crippen LogP contribution is -2.40. The van der Waals surface area contributed by atoms with Gasteiger partial charge in [0, 0.05) is 32.9 Å². The van der Waals surface area contributed by atoms with Gasteiger partial charge in [0.1, 0.15) is 5.69 Å². The quantitative estimate of drug-likeness (QED) is 0.157. The van der Waals surface area contributed by atoms with Gasteiger partial charge in [-0.25, -0.2) is 9.97 Å². The average molecular weight is 562 g/mol. The van der Waals surface area contributed by atoms with E-state index in [-0.39, 0.29) is 36.5 Å². The Morgan fingerprint density at radius 3 is 2.13 bits per heavy atom. The lowest BCUT2D eigenvalue weighted by Gasteiger charge is -2.13. The molecule has 0 unspecified atom stereocenters. The van der Waals surface area contributed by atoms with Crippen molar-refractivity contribution in [1.82, 2.24) is 20.6 Å². The normalized spacial score (nSPS) is 12.2. The highest BCUT2D eigenvalue weighted by molar-refractivity contribution is 14.0. The van der Waals surface area contributed by atoms with Gasteiger partial charge in [-0.15, -0.1) is 24.0 Å². The molecular formula is C18H21F6IN6. The van der Waals surface area contributed by atoms with Gasteiger partial charge in [0.15, 0.2) is 5.96 Å². The molecule has 3 N–H and O–H groups in total. The standard InChI is InChI=1S/C18H20F6N6.HI/c1-25-15(26-8-6-12-2-4-13(5-3-12)17(19,20)21)28-10-11-29-16-27-9-7-14(30-16)18(22,23)24;/h2-5,7,9H,6,8,10-11H2,1H3,(H2,25,26,28)(H,27,29,30);1H. The van der Waals surface area contributed by atoms with E-state index in [1.807, 2.05) is 0 Å². The highest BCUT2D eigenvalue weighted by Crippen LogP contribution is 2.29. The fraction of sp³-hybridized carbons (Fsp3) is 0.389. The molecule has 172 valence electrons. The van der Waals surface area contributed by atoms with Crippen LogP contribution in [0, 0.1) is 0 Å². The second kappa shape index (κ2) is 11.9. The number of nitrogens with one attached hydrogen (secondary N) is 3. The summed E-state index contributed by atoms with van der Waals surface area (Å²) in [5, 5.41) is 8.63. The van der Waals surface area contributed by atoms with Crippen LogP contribution in [0.15, 0.2) is 41.5 Å². The van der Waals surface area contributed by atoms with Crippen LogP contribution in [0.4, 0.5) is 32.3 Å². The fourth-order valence-corrected chi connectivity index (χ4v) is 2.36. The van der Waals surface area contributed by atoms with E-state index in [0.717, 1.165) is 30.0 Å². The highest BCUT2D eigenvalue weighted by atomic mass is 127. The van der Waals surface area contributed by atoms with E-state index >= 15 is 0 Å². The molecule has 0 atom stereocenters. The summed E-state index contributed by atoms with van der Waals surface area (Å²) in [6.07, 6.45) is -7.41. The third-order valence-corrected chi connectivity index (χ3v) is 3.86. The second-order valence-electron chi connectivity index (χ2n) is 6.06. The molecule has 0 aliphatic rings. The maximum atomic E-state index is 12.6. The number of nitrogens with zero attached hydrogens (tertiary/aromatic N) is 3. The van der Waals surface area contributed by atoms with E-state index < -0.39 is 23.6 Å². The number of hydrogen-bond acceptors (Lipinski definition) is 4. The van der Waals surface area contributed by atoms with Gasteiger partial charge >= 0.3 is 12.4 Å². The monoisotopic (exact) mass is 562 g/mol. The summed E-state index contributed by atoms with van der Waals surface area (Å²) in [4.78, 5) is 11.1. The van der Waals surface area contributed by atoms with Gasteiger partial charge in [0.2, 0.25) is 5.95 Å². The second-order valence-corrected chi connectivity index (χ2v) is 6.06. The summed E-state index contributed by atoms with van der Waals surface area (Å²) in [5.74, 6) is 0.297.